The van der Waals surface area contributed by atoms with E-state index in [2.05, 4.69) is 10.6 Å². The zero-order valence-electron chi connectivity index (χ0n) is 23.1. The minimum absolute atomic E-state index is 0.130. The molecule has 44 heavy (non-hydrogen) atoms. The fraction of sp³-hybridized carbons (Fsp3) is 0.0625. The molecule has 2 amide bonds. The van der Waals surface area contributed by atoms with Crippen molar-refractivity contribution in [3.05, 3.63) is 117 Å². The Hall–Kier alpha value is -5.20. The molecule has 0 atom stereocenters. The second kappa shape index (κ2) is 13.0. The van der Waals surface area contributed by atoms with E-state index in [9.17, 15) is 28.0 Å². The van der Waals surface area contributed by atoms with Gasteiger partial charge in [0.2, 0.25) is 0 Å². The smallest absolute Gasteiger partial charge is 0.341 e. The molecule has 12 heteroatoms. The van der Waals surface area contributed by atoms with Gasteiger partial charge in [-0.1, -0.05) is 24.3 Å². The lowest BCUT2D eigenvalue weighted by molar-refractivity contribution is 0.0594. The van der Waals surface area contributed by atoms with Gasteiger partial charge in [0, 0.05) is 33.0 Å². The number of ether oxygens (including phenoxy) is 2. The Morgan fingerprint density at radius 1 is 0.568 bits per heavy atom. The van der Waals surface area contributed by atoms with Gasteiger partial charge in [0.05, 0.1) is 14.2 Å². The summed E-state index contributed by atoms with van der Waals surface area (Å²) in [6.07, 6.45) is 0. The SMILES string of the molecule is COC(=O)c1c(-c2ccc(F)cc2)csc1NC(=O)c1ccc(C(=O)Nc2scc(-c3ccc(F)cc3)c2C(=O)OC)cc1. The molecule has 3 aromatic carbocycles. The number of carbonyl (C=O) groups is 4. The molecule has 0 aliphatic heterocycles. The summed E-state index contributed by atoms with van der Waals surface area (Å²) in [6.45, 7) is 0. The van der Waals surface area contributed by atoms with E-state index in [1.165, 1.54) is 87.0 Å². The number of rotatable bonds is 8. The molecule has 0 aliphatic rings. The number of halogens is 2. The van der Waals surface area contributed by atoms with E-state index in [1.54, 1.807) is 10.8 Å². The molecule has 2 heterocycles. The summed E-state index contributed by atoms with van der Waals surface area (Å²) in [7, 11) is 2.44. The highest BCUT2D eigenvalue weighted by molar-refractivity contribution is 7.15. The van der Waals surface area contributed by atoms with Crippen LogP contribution in [-0.4, -0.2) is 38.0 Å². The minimum atomic E-state index is -0.671. The normalized spacial score (nSPS) is 10.6. The fourth-order valence-electron chi connectivity index (χ4n) is 4.32. The molecule has 0 spiro atoms. The maximum Gasteiger partial charge on any atom is 0.341 e. The Morgan fingerprint density at radius 3 is 1.23 bits per heavy atom. The first kappa shape index (κ1) is 30.3. The van der Waals surface area contributed by atoms with Gasteiger partial charge in [0.1, 0.15) is 32.8 Å². The number of methoxy groups -OCH3 is 2. The maximum atomic E-state index is 13.4. The van der Waals surface area contributed by atoms with Crippen LogP contribution in [0.15, 0.2) is 83.6 Å². The molecule has 8 nitrogen and oxygen atoms in total. The van der Waals surface area contributed by atoms with Crippen LogP contribution in [0.5, 0.6) is 0 Å². The number of amides is 2. The number of nitrogens with one attached hydrogen (secondary N) is 2. The topological polar surface area (TPSA) is 111 Å². The van der Waals surface area contributed by atoms with Crippen LogP contribution in [0, 0.1) is 11.6 Å². The zero-order chi connectivity index (χ0) is 31.4. The van der Waals surface area contributed by atoms with Crippen molar-refractivity contribution >= 4 is 56.4 Å². The molecule has 0 fully saturated rings. The van der Waals surface area contributed by atoms with E-state index < -0.39 is 35.4 Å². The van der Waals surface area contributed by atoms with Crippen molar-refractivity contribution in [2.45, 2.75) is 0 Å². The summed E-state index contributed by atoms with van der Waals surface area (Å²) >= 11 is 2.22. The van der Waals surface area contributed by atoms with Crippen molar-refractivity contribution in [3.63, 3.8) is 0 Å². The summed E-state index contributed by atoms with van der Waals surface area (Å²) < 4.78 is 36.7. The monoisotopic (exact) mass is 632 g/mol. The summed E-state index contributed by atoms with van der Waals surface area (Å²) in [5, 5.41) is 9.24. The third kappa shape index (κ3) is 6.26. The molecule has 5 aromatic rings. The summed E-state index contributed by atoms with van der Waals surface area (Å²) in [5.74, 6) is -3.27. The van der Waals surface area contributed by atoms with Crippen molar-refractivity contribution in [2.24, 2.45) is 0 Å². The van der Waals surface area contributed by atoms with E-state index in [-0.39, 0.29) is 32.3 Å². The van der Waals surface area contributed by atoms with Crippen molar-refractivity contribution in [3.8, 4) is 22.3 Å². The second-order valence-corrected chi connectivity index (χ2v) is 10.9. The average molecular weight is 633 g/mol. The lowest BCUT2D eigenvalue weighted by Gasteiger charge is -2.09. The van der Waals surface area contributed by atoms with E-state index >= 15 is 0 Å². The van der Waals surface area contributed by atoms with Gasteiger partial charge >= 0.3 is 11.9 Å². The van der Waals surface area contributed by atoms with Crippen LogP contribution in [0.25, 0.3) is 22.3 Å². The third-order valence-corrected chi connectivity index (χ3v) is 8.33. The molecule has 0 bridgehead atoms. The molecule has 0 saturated carbocycles. The maximum absolute atomic E-state index is 13.4. The summed E-state index contributed by atoms with van der Waals surface area (Å²) in [6, 6.07) is 16.9. The Morgan fingerprint density at radius 2 is 0.909 bits per heavy atom. The van der Waals surface area contributed by atoms with Crippen molar-refractivity contribution < 1.29 is 37.4 Å². The van der Waals surface area contributed by atoms with Gasteiger partial charge in [0.25, 0.3) is 11.8 Å². The first-order chi connectivity index (χ1) is 21.2. The quantitative estimate of drug-likeness (QED) is 0.172. The average Bonchev–Trinajstić information content (AvgIpc) is 3.65. The van der Waals surface area contributed by atoms with E-state index in [4.69, 9.17) is 9.47 Å². The van der Waals surface area contributed by atoms with Crippen molar-refractivity contribution in [2.75, 3.05) is 24.9 Å². The first-order valence-electron chi connectivity index (χ1n) is 12.8. The number of hydrogen-bond donors (Lipinski definition) is 2. The predicted octanol–water partition coefficient (Wildman–Crippen LogP) is 7.50. The number of hydrogen-bond acceptors (Lipinski definition) is 8. The van der Waals surface area contributed by atoms with Crippen molar-refractivity contribution in [1.29, 1.82) is 0 Å². The van der Waals surface area contributed by atoms with Crippen LogP contribution in [0.1, 0.15) is 41.4 Å². The van der Waals surface area contributed by atoms with Crippen LogP contribution in [0.2, 0.25) is 0 Å². The summed E-state index contributed by atoms with van der Waals surface area (Å²) in [5.41, 5.74) is 2.78. The molecule has 5 rings (SSSR count). The first-order valence-corrected chi connectivity index (χ1v) is 14.6. The fourth-order valence-corrected chi connectivity index (χ4v) is 6.22. The number of esters is 2. The van der Waals surface area contributed by atoms with Gasteiger partial charge in [0.15, 0.2) is 0 Å². The van der Waals surface area contributed by atoms with Crippen LogP contribution in [0.4, 0.5) is 18.8 Å². The molecular formula is C32H22F2N2O6S2. The molecule has 2 aromatic heterocycles. The van der Waals surface area contributed by atoms with Crippen molar-refractivity contribution in [1.82, 2.24) is 0 Å². The van der Waals surface area contributed by atoms with Crippen LogP contribution in [0.3, 0.4) is 0 Å². The van der Waals surface area contributed by atoms with Gasteiger partial charge in [-0.15, -0.1) is 22.7 Å². The van der Waals surface area contributed by atoms with Gasteiger partial charge in [-0.2, -0.15) is 0 Å². The molecule has 0 radical (unpaired) electrons. The zero-order valence-corrected chi connectivity index (χ0v) is 24.7. The predicted molar refractivity (Wildman–Crippen MR) is 164 cm³/mol. The molecule has 222 valence electrons. The number of thiophene rings is 2. The second-order valence-electron chi connectivity index (χ2n) is 9.19. The standard InChI is InChI=1S/C32H22F2N2O6S2/c1-41-31(39)25-23(17-7-11-21(33)12-8-17)15-43-29(25)35-27(37)19-3-5-20(6-4-19)28(38)36-30-26(32(40)42-2)24(16-44-30)18-9-13-22(34)14-10-18/h3-16H,1-2H3,(H,35,37)(H,36,38). The number of carbonyl (C=O) groups excluding carboxylic acids is 4. The Labute approximate surface area is 257 Å². The molecule has 2 N–H and O–H groups in total. The van der Waals surface area contributed by atoms with Crippen LogP contribution >= 0.6 is 22.7 Å². The lowest BCUT2D eigenvalue weighted by Crippen LogP contribution is -2.16. The van der Waals surface area contributed by atoms with E-state index in [1.807, 2.05) is 0 Å². The number of anilines is 2. The molecular weight excluding hydrogens is 610 g/mol. The highest BCUT2D eigenvalue weighted by atomic mass is 32.1. The van der Waals surface area contributed by atoms with Gasteiger partial charge in [-0.3, -0.25) is 9.59 Å². The minimum Gasteiger partial charge on any atom is -0.465 e. The van der Waals surface area contributed by atoms with Crippen LogP contribution in [-0.2, 0) is 9.47 Å². The Bertz CT molecular complexity index is 1730. The van der Waals surface area contributed by atoms with Gasteiger partial charge in [-0.25, -0.2) is 18.4 Å². The molecule has 0 saturated heterocycles. The van der Waals surface area contributed by atoms with E-state index in [0.717, 1.165) is 22.7 Å². The van der Waals surface area contributed by atoms with Crippen LogP contribution < -0.4 is 10.6 Å². The number of benzene rings is 3. The van der Waals surface area contributed by atoms with Gasteiger partial charge < -0.3 is 20.1 Å². The molecule has 0 aliphatic carbocycles. The Kier molecular flexibility index (Phi) is 8.93. The molecule has 0 unspecified atom stereocenters. The lowest BCUT2D eigenvalue weighted by atomic mass is 10.0. The highest BCUT2D eigenvalue weighted by Gasteiger charge is 2.24. The van der Waals surface area contributed by atoms with E-state index in [0.29, 0.717) is 22.3 Å². The van der Waals surface area contributed by atoms with Gasteiger partial charge in [-0.05, 0) is 59.7 Å². The third-order valence-electron chi connectivity index (χ3n) is 6.53. The summed E-state index contributed by atoms with van der Waals surface area (Å²) in [4.78, 5) is 51.3. The largest absolute Gasteiger partial charge is 0.465 e. The Balaban J connectivity index is 1.34. The highest BCUT2D eigenvalue weighted by Crippen LogP contribution is 2.38.